The normalized spacial score (nSPS) is 22.9. The lowest BCUT2D eigenvalue weighted by molar-refractivity contribution is -0.130. The van der Waals surface area contributed by atoms with E-state index in [4.69, 9.17) is 21.1 Å². The van der Waals surface area contributed by atoms with E-state index in [-0.39, 0.29) is 28.6 Å². The van der Waals surface area contributed by atoms with E-state index in [1.807, 2.05) is 13.8 Å². The van der Waals surface area contributed by atoms with E-state index in [0.717, 1.165) is 24.8 Å². The van der Waals surface area contributed by atoms with Crippen LogP contribution in [-0.2, 0) is 14.3 Å². The van der Waals surface area contributed by atoms with Gasteiger partial charge in [-0.2, -0.15) is 0 Å². The molecule has 1 aliphatic carbocycles. The number of aliphatic hydroxyl groups excluding tert-OH is 1. The van der Waals surface area contributed by atoms with Crippen LogP contribution < -0.4 is 4.74 Å². The molecule has 0 amide bonds. The van der Waals surface area contributed by atoms with Crippen LogP contribution in [0.5, 0.6) is 5.75 Å². The van der Waals surface area contributed by atoms with Crippen LogP contribution >= 0.6 is 11.6 Å². The van der Waals surface area contributed by atoms with Crippen LogP contribution in [0.3, 0.4) is 0 Å². The van der Waals surface area contributed by atoms with Gasteiger partial charge in [-0.15, -0.1) is 0 Å². The summed E-state index contributed by atoms with van der Waals surface area (Å²) in [4.78, 5) is 27.0. The van der Waals surface area contributed by atoms with Gasteiger partial charge in [0.2, 0.25) is 11.6 Å². The van der Waals surface area contributed by atoms with Crippen LogP contribution in [0.2, 0.25) is 5.02 Å². The third kappa shape index (κ3) is 5.16. The summed E-state index contributed by atoms with van der Waals surface area (Å²) < 4.78 is 12.2. The summed E-state index contributed by atoms with van der Waals surface area (Å²) in [5, 5.41) is 11.4. The molecule has 0 bridgehead atoms. The van der Waals surface area contributed by atoms with Crippen LogP contribution in [-0.4, -0.2) is 28.9 Å². The lowest BCUT2D eigenvalue weighted by atomic mass is 9.67. The zero-order valence-corrected chi connectivity index (χ0v) is 21.9. The van der Waals surface area contributed by atoms with Gasteiger partial charge in [0, 0.05) is 28.0 Å². The Morgan fingerprint density at radius 1 is 1.00 bits per heavy atom. The monoisotopic (exact) mass is 500 g/mol. The maximum Gasteiger partial charge on any atom is 0.228 e. The molecule has 1 aromatic carbocycles. The molecule has 2 aliphatic heterocycles. The maximum absolute atomic E-state index is 13.5. The molecule has 190 valence electrons. The molecular formula is C29H37ClO5. The largest absolute Gasteiger partial charge is 0.504 e. The molecule has 0 saturated carbocycles. The second-order valence-electron chi connectivity index (χ2n) is 10.6. The van der Waals surface area contributed by atoms with Gasteiger partial charge in [-0.1, -0.05) is 69.9 Å². The van der Waals surface area contributed by atoms with Crippen molar-refractivity contribution in [1.82, 2.24) is 0 Å². The van der Waals surface area contributed by atoms with Crippen molar-refractivity contribution >= 4 is 23.2 Å². The molecule has 1 N–H and O–H groups in total. The van der Waals surface area contributed by atoms with Gasteiger partial charge in [0.25, 0.3) is 0 Å². The smallest absolute Gasteiger partial charge is 0.228 e. The Hall–Kier alpha value is -2.27. The number of rotatable bonds is 10. The molecule has 6 heteroatoms. The summed E-state index contributed by atoms with van der Waals surface area (Å²) in [5.74, 6) is -1.20. The summed E-state index contributed by atoms with van der Waals surface area (Å²) in [6.45, 7) is 6.41. The van der Waals surface area contributed by atoms with Gasteiger partial charge >= 0.3 is 0 Å². The first-order valence-corrected chi connectivity index (χ1v) is 13.5. The van der Waals surface area contributed by atoms with Crippen molar-refractivity contribution in [2.45, 2.75) is 96.5 Å². The van der Waals surface area contributed by atoms with E-state index in [2.05, 4.69) is 6.92 Å². The van der Waals surface area contributed by atoms with Gasteiger partial charge in [-0.25, -0.2) is 0 Å². The fraction of sp³-hybridized carbons (Fsp3) is 0.586. The highest BCUT2D eigenvalue weighted by atomic mass is 35.5. The highest BCUT2D eigenvalue weighted by molar-refractivity contribution is 6.30. The predicted octanol–water partition coefficient (Wildman–Crippen LogP) is 7.38. The fourth-order valence-corrected chi connectivity index (χ4v) is 5.83. The number of hydrogen-bond donors (Lipinski definition) is 1. The highest BCUT2D eigenvalue weighted by Crippen LogP contribution is 2.53. The van der Waals surface area contributed by atoms with Crippen LogP contribution in [0, 0.1) is 5.92 Å². The van der Waals surface area contributed by atoms with E-state index < -0.39 is 23.1 Å². The molecular weight excluding hydrogens is 464 g/mol. The van der Waals surface area contributed by atoms with E-state index in [9.17, 15) is 14.7 Å². The first-order valence-electron chi connectivity index (χ1n) is 13.1. The van der Waals surface area contributed by atoms with E-state index in [1.54, 1.807) is 18.2 Å². The Labute approximate surface area is 213 Å². The summed E-state index contributed by atoms with van der Waals surface area (Å²) in [6, 6.07) is 5.32. The zero-order chi connectivity index (χ0) is 25.2. The topological polar surface area (TPSA) is 72.8 Å². The van der Waals surface area contributed by atoms with Gasteiger partial charge in [0.05, 0.1) is 12.2 Å². The van der Waals surface area contributed by atoms with Gasteiger partial charge in [0.15, 0.2) is 11.5 Å². The number of Topliss-reactive ketones (excluding diaryl/α,β-unsaturated/α-hetero) is 2. The average Bonchev–Trinajstić information content (AvgIpc) is 2.82. The van der Waals surface area contributed by atoms with Crippen molar-refractivity contribution < 1.29 is 24.2 Å². The molecule has 4 rings (SSSR count). The minimum absolute atomic E-state index is 0.0813. The first kappa shape index (κ1) is 25.8. The Bertz CT molecular complexity index is 1050. The molecule has 35 heavy (non-hydrogen) atoms. The number of benzene rings is 1. The van der Waals surface area contributed by atoms with Crippen molar-refractivity contribution in [1.29, 1.82) is 0 Å². The van der Waals surface area contributed by atoms with E-state index in [0.29, 0.717) is 23.8 Å². The van der Waals surface area contributed by atoms with Gasteiger partial charge < -0.3 is 14.6 Å². The van der Waals surface area contributed by atoms with Gasteiger partial charge in [-0.3, -0.25) is 9.59 Å². The fourth-order valence-electron chi connectivity index (χ4n) is 5.65. The molecule has 0 radical (unpaired) electrons. The van der Waals surface area contributed by atoms with Crippen LogP contribution in [0.15, 0.2) is 40.9 Å². The summed E-state index contributed by atoms with van der Waals surface area (Å²) in [5.41, 5.74) is 0.452. The van der Waals surface area contributed by atoms with Crippen molar-refractivity contribution in [3.63, 3.8) is 0 Å². The molecule has 2 atom stereocenters. The SMILES string of the molecule is CCCCCCCCCCCC1=C(O)C(=O)C2=C(OC(C)(C)[C@H]3COc4ccc(Cl)cc4[C@H]23)C1=O. The summed E-state index contributed by atoms with van der Waals surface area (Å²) in [7, 11) is 0. The van der Waals surface area contributed by atoms with E-state index >= 15 is 0 Å². The number of aliphatic hydroxyl groups is 1. The van der Waals surface area contributed by atoms with Crippen LogP contribution in [0.1, 0.15) is 96.5 Å². The lowest BCUT2D eigenvalue weighted by Crippen LogP contribution is -2.50. The second kappa shape index (κ2) is 10.8. The highest BCUT2D eigenvalue weighted by Gasteiger charge is 2.54. The van der Waals surface area contributed by atoms with E-state index in [1.165, 1.54) is 38.5 Å². The molecule has 0 saturated heterocycles. The number of ether oxygens (including phenoxy) is 2. The minimum Gasteiger partial charge on any atom is -0.504 e. The Kier molecular flexibility index (Phi) is 7.95. The predicted molar refractivity (Wildman–Crippen MR) is 137 cm³/mol. The number of ketones is 2. The van der Waals surface area contributed by atoms with Crippen molar-refractivity contribution in [2.75, 3.05) is 6.61 Å². The quantitative estimate of drug-likeness (QED) is 0.268. The molecule has 3 aliphatic rings. The van der Waals surface area contributed by atoms with Crippen LogP contribution in [0.4, 0.5) is 0 Å². The lowest BCUT2D eigenvalue weighted by Gasteiger charge is -2.48. The summed E-state index contributed by atoms with van der Waals surface area (Å²) in [6.07, 6.45) is 10.8. The number of allylic oxidation sites excluding steroid dienone is 2. The number of unbranched alkanes of at least 4 members (excludes halogenated alkanes) is 8. The number of carbonyl (C=O) groups excluding carboxylic acids is 2. The number of carbonyl (C=O) groups is 2. The van der Waals surface area contributed by atoms with Crippen molar-refractivity contribution in [3.05, 3.63) is 51.4 Å². The molecule has 0 spiro atoms. The molecule has 5 nitrogen and oxygen atoms in total. The Morgan fingerprint density at radius 2 is 1.66 bits per heavy atom. The standard InChI is InChI=1S/C29H37ClO5/c1-4-5-6-7-8-9-10-11-12-13-19-25(31)27(33)24-23-20-16-18(30)14-15-22(20)34-17-21(23)29(2,3)35-28(24)26(19)32/h14-16,21,23,31H,4-13,17H2,1-3H3/t21-,23-/m0/s1. The minimum atomic E-state index is -0.727. The van der Waals surface area contributed by atoms with Crippen molar-refractivity contribution in [3.8, 4) is 5.75 Å². The average molecular weight is 501 g/mol. The molecule has 0 unspecified atom stereocenters. The van der Waals surface area contributed by atoms with Crippen molar-refractivity contribution in [2.24, 2.45) is 5.92 Å². The first-order chi connectivity index (χ1) is 16.8. The number of hydrogen-bond acceptors (Lipinski definition) is 5. The molecule has 1 aromatic rings. The molecule has 2 heterocycles. The molecule has 0 aromatic heterocycles. The Balaban J connectivity index is 1.50. The number of halogens is 1. The second-order valence-corrected chi connectivity index (χ2v) is 11.0. The number of fused-ring (bicyclic) bond motifs is 4. The van der Waals surface area contributed by atoms with Crippen LogP contribution in [0.25, 0.3) is 0 Å². The zero-order valence-electron chi connectivity index (χ0n) is 21.1. The van der Waals surface area contributed by atoms with Gasteiger partial charge in [-0.05, 0) is 44.9 Å². The molecule has 0 fully saturated rings. The summed E-state index contributed by atoms with van der Waals surface area (Å²) >= 11 is 6.28. The Morgan fingerprint density at radius 3 is 2.34 bits per heavy atom. The van der Waals surface area contributed by atoms with Gasteiger partial charge in [0.1, 0.15) is 11.4 Å². The third-order valence-corrected chi connectivity index (χ3v) is 7.93. The third-order valence-electron chi connectivity index (χ3n) is 7.70. The maximum atomic E-state index is 13.5.